The molecule has 82 valence electrons. The SMILES string of the molecule is Clc1ccc(CC2CNCCS2)cc1Cl. The Morgan fingerprint density at radius 2 is 2.20 bits per heavy atom. The molecule has 0 saturated carbocycles. The summed E-state index contributed by atoms with van der Waals surface area (Å²) in [6, 6.07) is 5.91. The normalized spacial score (nSPS) is 21.6. The van der Waals surface area contributed by atoms with Crippen LogP contribution in [0, 0.1) is 0 Å². The Morgan fingerprint density at radius 1 is 1.33 bits per heavy atom. The highest BCUT2D eigenvalue weighted by molar-refractivity contribution is 8.00. The molecule has 1 unspecified atom stereocenters. The largest absolute Gasteiger partial charge is 0.315 e. The van der Waals surface area contributed by atoms with Gasteiger partial charge in [-0.15, -0.1) is 0 Å². The van der Waals surface area contributed by atoms with Gasteiger partial charge >= 0.3 is 0 Å². The van der Waals surface area contributed by atoms with Crippen molar-refractivity contribution in [3.05, 3.63) is 33.8 Å². The molecule has 1 fully saturated rings. The van der Waals surface area contributed by atoms with Gasteiger partial charge in [-0.25, -0.2) is 0 Å². The number of hydrogen-bond donors (Lipinski definition) is 1. The van der Waals surface area contributed by atoms with Gasteiger partial charge < -0.3 is 5.32 Å². The van der Waals surface area contributed by atoms with Crippen LogP contribution in [0.3, 0.4) is 0 Å². The molecule has 0 aliphatic carbocycles. The van der Waals surface area contributed by atoms with Crippen molar-refractivity contribution in [3.8, 4) is 0 Å². The van der Waals surface area contributed by atoms with Gasteiger partial charge in [-0.3, -0.25) is 0 Å². The zero-order chi connectivity index (χ0) is 10.7. The third-order valence-corrected chi connectivity index (χ3v) is 4.44. The Bertz CT molecular complexity index is 337. The second-order valence-electron chi connectivity index (χ2n) is 3.65. The van der Waals surface area contributed by atoms with E-state index in [1.165, 1.54) is 11.3 Å². The minimum atomic E-state index is 0.634. The van der Waals surface area contributed by atoms with Crippen molar-refractivity contribution in [3.63, 3.8) is 0 Å². The van der Waals surface area contributed by atoms with E-state index >= 15 is 0 Å². The quantitative estimate of drug-likeness (QED) is 0.878. The third-order valence-electron chi connectivity index (χ3n) is 2.45. The van der Waals surface area contributed by atoms with E-state index in [4.69, 9.17) is 23.2 Å². The maximum absolute atomic E-state index is 5.98. The lowest BCUT2D eigenvalue weighted by molar-refractivity contribution is 0.666. The number of benzene rings is 1. The van der Waals surface area contributed by atoms with Gasteiger partial charge in [0.05, 0.1) is 10.0 Å². The molecule has 15 heavy (non-hydrogen) atoms. The molecule has 1 nitrogen and oxygen atoms in total. The number of nitrogens with one attached hydrogen (secondary N) is 1. The molecule has 1 N–H and O–H groups in total. The summed E-state index contributed by atoms with van der Waals surface area (Å²) in [7, 11) is 0. The summed E-state index contributed by atoms with van der Waals surface area (Å²) in [5.41, 5.74) is 1.27. The molecule has 1 aromatic rings. The van der Waals surface area contributed by atoms with Gasteiger partial charge in [-0.2, -0.15) is 11.8 Å². The molecule has 1 aliphatic heterocycles. The molecule has 0 aromatic heterocycles. The van der Waals surface area contributed by atoms with Crippen molar-refractivity contribution in [2.75, 3.05) is 18.8 Å². The first-order valence-electron chi connectivity index (χ1n) is 5.02. The van der Waals surface area contributed by atoms with Crippen LogP contribution < -0.4 is 5.32 Å². The molecule has 1 aromatic carbocycles. The third kappa shape index (κ3) is 3.28. The van der Waals surface area contributed by atoms with Crippen LogP contribution in [0.25, 0.3) is 0 Å². The molecule has 0 amide bonds. The fourth-order valence-corrected chi connectivity index (χ4v) is 3.14. The molecule has 4 heteroatoms. The van der Waals surface area contributed by atoms with Crippen molar-refractivity contribution >= 4 is 35.0 Å². The molecule has 1 atom stereocenters. The van der Waals surface area contributed by atoms with Crippen LogP contribution >= 0.6 is 35.0 Å². The first kappa shape index (κ1) is 11.6. The van der Waals surface area contributed by atoms with Gasteiger partial charge in [0.2, 0.25) is 0 Å². The summed E-state index contributed by atoms with van der Waals surface area (Å²) in [5.74, 6) is 1.20. The molecule has 2 rings (SSSR count). The standard InChI is InChI=1S/C11H13Cl2NS/c12-10-2-1-8(6-11(10)13)5-9-7-14-3-4-15-9/h1-2,6,9,14H,3-5,7H2. The second-order valence-corrected chi connectivity index (χ2v) is 5.87. The predicted molar refractivity (Wildman–Crippen MR) is 69.3 cm³/mol. The summed E-state index contributed by atoms with van der Waals surface area (Å²) in [4.78, 5) is 0. The Hall–Kier alpha value is 0.110. The minimum absolute atomic E-state index is 0.634. The van der Waals surface area contributed by atoms with E-state index in [0.29, 0.717) is 15.3 Å². The average molecular weight is 262 g/mol. The van der Waals surface area contributed by atoms with E-state index in [-0.39, 0.29) is 0 Å². The van der Waals surface area contributed by atoms with E-state index < -0.39 is 0 Å². The molecule has 1 heterocycles. The van der Waals surface area contributed by atoms with E-state index in [2.05, 4.69) is 11.4 Å². The maximum atomic E-state index is 5.98. The van der Waals surface area contributed by atoms with Gasteiger partial charge in [-0.1, -0.05) is 29.3 Å². The first-order valence-corrected chi connectivity index (χ1v) is 6.82. The highest BCUT2D eigenvalue weighted by atomic mass is 35.5. The summed E-state index contributed by atoms with van der Waals surface area (Å²) in [6.07, 6.45) is 1.06. The van der Waals surface area contributed by atoms with E-state index in [1.807, 2.05) is 23.9 Å². The Balaban J connectivity index is 2.00. The lowest BCUT2D eigenvalue weighted by Gasteiger charge is -2.22. The van der Waals surface area contributed by atoms with Crippen LogP contribution in [0.5, 0.6) is 0 Å². The maximum Gasteiger partial charge on any atom is 0.0595 e. The zero-order valence-corrected chi connectivity index (χ0v) is 10.6. The molecule has 0 bridgehead atoms. The van der Waals surface area contributed by atoms with Crippen LogP contribution in [-0.4, -0.2) is 24.1 Å². The summed E-state index contributed by atoms with van der Waals surface area (Å²) < 4.78 is 0. The van der Waals surface area contributed by atoms with Crippen molar-refractivity contribution in [2.45, 2.75) is 11.7 Å². The summed E-state index contributed by atoms with van der Waals surface area (Å²) in [5, 5.41) is 5.35. The molecular weight excluding hydrogens is 249 g/mol. The first-order chi connectivity index (χ1) is 7.25. The van der Waals surface area contributed by atoms with Gasteiger partial charge in [0.1, 0.15) is 0 Å². The van der Waals surface area contributed by atoms with Crippen LogP contribution in [0.1, 0.15) is 5.56 Å². The molecule has 0 spiro atoms. The topological polar surface area (TPSA) is 12.0 Å². The minimum Gasteiger partial charge on any atom is -0.315 e. The van der Waals surface area contributed by atoms with Gasteiger partial charge in [-0.05, 0) is 24.1 Å². The van der Waals surface area contributed by atoms with E-state index in [1.54, 1.807) is 0 Å². The fraction of sp³-hybridized carbons (Fsp3) is 0.455. The van der Waals surface area contributed by atoms with Crippen molar-refractivity contribution in [2.24, 2.45) is 0 Å². The Morgan fingerprint density at radius 3 is 2.87 bits per heavy atom. The van der Waals surface area contributed by atoms with Gasteiger partial charge in [0.25, 0.3) is 0 Å². The van der Waals surface area contributed by atoms with Gasteiger partial charge in [0, 0.05) is 24.1 Å². The molecular formula is C11H13Cl2NS. The number of thioether (sulfide) groups is 1. The second kappa shape index (κ2) is 5.44. The van der Waals surface area contributed by atoms with Crippen molar-refractivity contribution in [1.29, 1.82) is 0 Å². The lowest BCUT2D eigenvalue weighted by Crippen LogP contribution is -2.33. The number of hydrogen-bond acceptors (Lipinski definition) is 2. The number of rotatable bonds is 2. The number of halogens is 2. The smallest absolute Gasteiger partial charge is 0.0595 e. The van der Waals surface area contributed by atoms with Crippen LogP contribution in [-0.2, 0) is 6.42 Å². The zero-order valence-electron chi connectivity index (χ0n) is 8.30. The Labute approximate surface area is 105 Å². The van der Waals surface area contributed by atoms with Crippen LogP contribution in [0.15, 0.2) is 18.2 Å². The molecule has 0 radical (unpaired) electrons. The summed E-state index contributed by atoms with van der Waals surface area (Å²) >= 11 is 13.9. The lowest BCUT2D eigenvalue weighted by atomic mass is 10.1. The van der Waals surface area contributed by atoms with E-state index in [0.717, 1.165) is 19.5 Å². The highest BCUT2D eigenvalue weighted by Crippen LogP contribution is 2.25. The summed E-state index contributed by atoms with van der Waals surface area (Å²) in [6.45, 7) is 2.22. The van der Waals surface area contributed by atoms with Crippen molar-refractivity contribution in [1.82, 2.24) is 5.32 Å². The average Bonchev–Trinajstić information content (AvgIpc) is 2.25. The predicted octanol–water partition coefficient (Wildman–Crippen LogP) is 3.24. The van der Waals surface area contributed by atoms with Gasteiger partial charge in [0.15, 0.2) is 0 Å². The van der Waals surface area contributed by atoms with Crippen molar-refractivity contribution < 1.29 is 0 Å². The highest BCUT2D eigenvalue weighted by Gasteiger charge is 2.14. The fourth-order valence-electron chi connectivity index (χ4n) is 1.68. The monoisotopic (exact) mass is 261 g/mol. The van der Waals surface area contributed by atoms with E-state index in [9.17, 15) is 0 Å². The van der Waals surface area contributed by atoms with Crippen LogP contribution in [0.4, 0.5) is 0 Å². The Kier molecular flexibility index (Phi) is 4.21. The molecule has 1 saturated heterocycles. The van der Waals surface area contributed by atoms with Crippen LogP contribution in [0.2, 0.25) is 10.0 Å². The molecule has 1 aliphatic rings.